The summed E-state index contributed by atoms with van der Waals surface area (Å²) in [5.74, 6) is 0.951. The second-order valence-corrected chi connectivity index (χ2v) is 7.22. The van der Waals surface area contributed by atoms with Crippen LogP contribution in [-0.4, -0.2) is 32.4 Å². The zero-order chi connectivity index (χ0) is 17.8. The highest BCUT2D eigenvalue weighted by atomic mass is 16.5. The van der Waals surface area contributed by atoms with Crippen molar-refractivity contribution in [2.75, 3.05) is 6.54 Å². The minimum Gasteiger partial charge on any atom is -0.359 e. The fraction of sp³-hybridized carbons (Fsp3) is 0.429. The number of aryl methyl sites for hydroxylation is 2. The minimum absolute atomic E-state index is 0.584. The molecule has 0 bridgehead atoms. The molecule has 136 valence electrons. The Morgan fingerprint density at radius 2 is 2.08 bits per heavy atom. The molecule has 1 aromatic carbocycles. The van der Waals surface area contributed by atoms with E-state index in [9.17, 15) is 0 Å². The molecule has 0 saturated carbocycles. The van der Waals surface area contributed by atoms with Gasteiger partial charge in [-0.25, -0.2) is 0 Å². The number of piperidine rings is 1. The highest BCUT2D eigenvalue weighted by Crippen LogP contribution is 2.25. The van der Waals surface area contributed by atoms with Gasteiger partial charge in [0.1, 0.15) is 5.69 Å². The van der Waals surface area contributed by atoms with Gasteiger partial charge < -0.3 is 4.52 Å². The van der Waals surface area contributed by atoms with Gasteiger partial charge in [-0.15, -0.1) is 0 Å². The number of aromatic nitrogens is 3. The average Bonchev–Trinajstić information content (AvgIpc) is 3.34. The highest BCUT2D eigenvalue weighted by molar-refractivity contribution is 5.59. The molecule has 0 unspecified atom stereocenters. The topological polar surface area (TPSA) is 47.1 Å². The van der Waals surface area contributed by atoms with Crippen molar-refractivity contribution in [3.8, 4) is 11.3 Å². The molecule has 2 aromatic heterocycles. The Morgan fingerprint density at radius 1 is 1.19 bits per heavy atom. The van der Waals surface area contributed by atoms with Crippen LogP contribution in [0.15, 0.2) is 53.3 Å². The van der Waals surface area contributed by atoms with E-state index in [0.29, 0.717) is 6.04 Å². The van der Waals surface area contributed by atoms with Crippen LogP contribution in [0, 0.1) is 6.92 Å². The summed E-state index contributed by atoms with van der Waals surface area (Å²) in [6.45, 7) is 5.03. The summed E-state index contributed by atoms with van der Waals surface area (Å²) in [4.78, 5) is 2.55. The molecule has 3 aromatic rings. The molecule has 1 atom stereocenters. The largest absolute Gasteiger partial charge is 0.359 e. The first-order valence-corrected chi connectivity index (χ1v) is 9.52. The molecule has 1 saturated heterocycles. The molecule has 1 aliphatic rings. The summed E-state index contributed by atoms with van der Waals surface area (Å²) >= 11 is 0. The summed E-state index contributed by atoms with van der Waals surface area (Å²) in [7, 11) is 0. The van der Waals surface area contributed by atoms with Crippen molar-refractivity contribution in [3.05, 3.63) is 60.1 Å². The van der Waals surface area contributed by atoms with Crippen LogP contribution in [0.1, 0.15) is 37.0 Å². The predicted molar refractivity (Wildman–Crippen MR) is 102 cm³/mol. The molecule has 3 heterocycles. The van der Waals surface area contributed by atoms with Gasteiger partial charge in [-0.3, -0.25) is 9.58 Å². The lowest BCUT2D eigenvalue weighted by Gasteiger charge is -2.35. The van der Waals surface area contributed by atoms with Crippen molar-refractivity contribution in [2.24, 2.45) is 0 Å². The molecule has 5 heteroatoms. The monoisotopic (exact) mass is 350 g/mol. The first kappa shape index (κ1) is 17.0. The number of hydrogen-bond donors (Lipinski definition) is 0. The van der Waals surface area contributed by atoms with E-state index in [1.54, 1.807) is 0 Å². The van der Waals surface area contributed by atoms with Gasteiger partial charge in [0, 0.05) is 36.6 Å². The number of nitrogens with zero attached hydrogens (tertiary/aromatic N) is 4. The van der Waals surface area contributed by atoms with Crippen molar-refractivity contribution < 1.29 is 4.52 Å². The van der Waals surface area contributed by atoms with E-state index in [0.717, 1.165) is 43.1 Å². The summed E-state index contributed by atoms with van der Waals surface area (Å²) in [5.41, 5.74) is 3.29. The lowest BCUT2D eigenvalue weighted by atomic mass is 9.99. The lowest BCUT2D eigenvalue weighted by Crippen LogP contribution is -2.39. The summed E-state index contributed by atoms with van der Waals surface area (Å²) < 4.78 is 7.67. The number of benzene rings is 1. The molecule has 0 amide bonds. The molecule has 0 N–H and O–H groups in total. The summed E-state index contributed by atoms with van der Waals surface area (Å²) in [5, 5.41) is 8.60. The van der Waals surface area contributed by atoms with Gasteiger partial charge in [-0.05, 0) is 38.8 Å². The first-order valence-electron chi connectivity index (χ1n) is 9.52. The van der Waals surface area contributed by atoms with E-state index in [-0.39, 0.29) is 0 Å². The molecule has 26 heavy (non-hydrogen) atoms. The van der Waals surface area contributed by atoms with Crippen LogP contribution in [0.3, 0.4) is 0 Å². The van der Waals surface area contributed by atoms with Gasteiger partial charge in [0.05, 0.1) is 6.54 Å². The van der Waals surface area contributed by atoms with E-state index >= 15 is 0 Å². The van der Waals surface area contributed by atoms with Crippen molar-refractivity contribution in [2.45, 2.75) is 51.7 Å². The van der Waals surface area contributed by atoms with Gasteiger partial charge >= 0.3 is 0 Å². The van der Waals surface area contributed by atoms with Gasteiger partial charge in [-0.2, -0.15) is 5.10 Å². The lowest BCUT2D eigenvalue weighted by molar-refractivity contribution is 0.115. The van der Waals surface area contributed by atoms with Crippen molar-refractivity contribution in [3.63, 3.8) is 0 Å². The van der Waals surface area contributed by atoms with Crippen molar-refractivity contribution >= 4 is 0 Å². The van der Waals surface area contributed by atoms with Crippen molar-refractivity contribution in [1.29, 1.82) is 0 Å². The third-order valence-electron chi connectivity index (χ3n) is 5.26. The first-order chi connectivity index (χ1) is 12.8. The molecular formula is C21H26N4O. The smallest absolute Gasteiger partial charge is 0.151 e. The molecule has 5 nitrogen and oxygen atoms in total. The Kier molecular flexibility index (Phi) is 5.16. The van der Waals surface area contributed by atoms with Crippen molar-refractivity contribution in [1.82, 2.24) is 19.8 Å². The molecule has 0 spiro atoms. The Morgan fingerprint density at radius 3 is 2.88 bits per heavy atom. The fourth-order valence-electron chi connectivity index (χ4n) is 3.76. The minimum atomic E-state index is 0.584. The summed E-state index contributed by atoms with van der Waals surface area (Å²) in [6.07, 6.45) is 8.83. The van der Waals surface area contributed by atoms with E-state index in [2.05, 4.69) is 52.4 Å². The van der Waals surface area contributed by atoms with Crippen LogP contribution < -0.4 is 0 Å². The second kappa shape index (κ2) is 7.87. The number of rotatable bonds is 6. The van der Waals surface area contributed by atoms with Crippen LogP contribution in [0.4, 0.5) is 0 Å². The van der Waals surface area contributed by atoms with E-state index in [1.165, 1.54) is 24.8 Å². The molecular weight excluding hydrogens is 324 g/mol. The van der Waals surface area contributed by atoms with E-state index < -0.39 is 0 Å². The quantitative estimate of drug-likeness (QED) is 0.665. The van der Waals surface area contributed by atoms with Crippen LogP contribution in [0.25, 0.3) is 11.3 Å². The van der Waals surface area contributed by atoms with E-state index in [4.69, 9.17) is 4.52 Å². The Hall–Kier alpha value is -2.40. The maximum Gasteiger partial charge on any atom is 0.151 e. The molecule has 1 aliphatic heterocycles. The third-order valence-corrected chi connectivity index (χ3v) is 5.26. The van der Waals surface area contributed by atoms with Crippen LogP contribution in [0.2, 0.25) is 0 Å². The fourth-order valence-corrected chi connectivity index (χ4v) is 3.76. The van der Waals surface area contributed by atoms with Crippen LogP contribution >= 0.6 is 0 Å². The Labute approximate surface area is 154 Å². The third kappa shape index (κ3) is 4.05. The maximum absolute atomic E-state index is 5.64. The SMILES string of the molecule is Cc1ccc(-c2cc(CN3CCCC[C@@H]3CCn3cccn3)on2)cc1. The van der Waals surface area contributed by atoms with Gasteiger partial charge in [0.15, 0.2) is 5.76 Å². The standard InChI is InChI=1S/C21H26N4O/c1-17-6-8-18(9-7-17)21-15-20(26-23-21)16-24-12-3-2-5-19(24)10-14-25-13-4-11-22-25/h4,6-9,11,13,15,19H,2-3,5,10,12,14,16H2,1H3/t19-/m1/s1. The maximum atomic E-state index is 5.64. The zero-order valence-corrected chi connectivity index (χ0v) is 15.3. The predicted octanol–water partition coefficient (Wildman–Crippen LogP) is 4.29. The Bertz CT molecular complexity index is 807. The molecule has 0 aliphatic carbocycles. The molecule has 1 fully saturated rings. The van der Waals surface area contributed by atoms with E-state index in [1.807, 2.05) is 23.1 Å². The second-order valence-electron chi connectivity index (χ2n) is 7.22. The van der Waals surface area contributed by atoms with Crippen LogP contribution in [0.5, 0.6) is 0 Å². The number of likely N-dealkylation sites (tertiary alicyclic amines) is 1. The Balaban J connectivity index is 1.40. The zero-order valence-electron chi connectivity index (χ0n) is 15.3. The molecule has 4 rings (SSSR count). The number of hydrogen-bond acceptors (Lipinski definition) is 4. The van der Waals surface area contributed by atoms with Gasteiger partial charge in [0.2, 0.25) is 0 Å². The normalized spacial score (nSPS) is 18.3. The summed E-state index contributed by atoms with van der Waals surface area (Å²) in [6, 6.07) is 13.1. The average molecular weight is 350 g/mol. The van der Waals surface area contributed by atoms with Crippen LogP contribution in [-0.2, 0) is 13.1 Å². The highest BCUT2D eigenvalue weighted by Gasteiger charge is 2.23. The van der Waals surface area contributed by atoms with Gasteiger partial charge in [0.25, 0.3) is 0 Å². The van der Waals surface area contributed by atoms with Gasteiger partial charge in [-0.1, -0.05) is 41.4 Å². The molecule has 0 radical (unpaired) electrons.